The van der Waals surface area contributed by atoms with Crippen LogP contribution in [-0.2, 0) is 36.6 Å². The van der Waals surface area contributed by atoms with E-state index in [1.165, 1.54) is 25.8 Å². The van der Waals surface area contributed by atoms with Crippen LogP contribution in [0.25, 0.3) is 28.5 Å². The molecule has 8 heteroatoms. The molecule has 232 valence electrons. The highest BCUT2D eigenvalue weighted by molar-refractivity contribution is 5.93. The molecule has 5 rings (SSSR count). The largest absolute Gasteiger partial charge is 0.469 e. The fourth-order valence-electron chi connectivity index (χ4n) is 6.30. The maximum atomic E-state index is 14.9. The molecular formula is C36H40FNO6. The number of fused-ring (bicyclic) bond motifs is 3. The standard InChI is InChI=1S/C36H40FNO6/c1-21(2)33-28(16-15-24-19-25(20-31(39)41-5)44-36(3,4)43-24)32(23-14-17-30(37)29(18-23)35(40)42-6)27-13-9-11-22-10-7-8-12-26(22)34(27)38-33/h7-8,10,12,14-18,21,24-25H,9,11,13,19-20H2,1-6H3/b16-15+/t24-,25-/m1/s1. The van der Waals surface area contributed by atoms with Gasteiger partial charge in [-0.25, -0.2) is 9.18 Å². The van der Waals surface area contributed by atoms with E-state index >= 15 is 0 Å². The Morgan fingerprint density at radius 3 is 2.59 bits per heavy atom. The van der Waals surface area contributed by atoms with Crippen LogP contribution < -0.4 is 0 Å². The first-order chi connectivity index (χ1) is 21.0. The molecule has 0 saturated carbocycles. The van der Waals surface area contributed by atoms with Crippen LogP contribution in [0.5, 0.6) is 0 Å². The monoisotopic (exact) mass is 601 g/mol. The van der Waals surface area contributed by atoms with Crippen LogP contribution in [0.4, 0.5) is 4.39 Å². The molecule has 7 nitrogen and oxygen atoms in total. The maximum Gasteiger partial charge on any atom is 0.340 e. The van der Waals surface area contributed by atoms with Gasteiger partial charge in [-0.15, -0.1) is 0 Å². The quantitative estimate of drug-likeness (QED) is 0.260. The zero-order chi connectivity index (χ0) is 31.6. The van der Waals surface area contributed by atoms with Crippen LogP contribution in [-0.4, -0.2) is 49.1 Å². The van der Waals surface area contributed by atoms with Crippen molar-refractivity contribution in [2.75, 3.05) is 14.2 Å². The van der Waals surface area contributed by atoms with E-state index in [9.17, 15) is 14.0 Å². The predicted octanol–water partition coefficient (Wildman–Crippen LogP) is 7.44. The maximum absolute atomic E-state index is 14.9. The summed E-state index contributed by atoms with van der Waals surface area (Å²) in [5, 5.41) is 0. The van der Waals surface area contributed by atoms with E-state index in [-0.39, 0.29) is 36.1 Å². The van der Waals surface area contributed by atoms with Crippen molar-refractivity contribution in [1.82, 2.24) is 4.98 Å². The van der Waals surface area contributed by atoms with Gasteiger partial charge in [0.2, 0.25) is 0 Å². The minimum absolute atomic E-state index is 0.0498. The van der Waals surface area contributed by atoms with Gasteiger partial charge in [0.05, 0.1) is 49.8 Å². The molecule has 2 atom stereocenters. The van der Waals surface area contributed by atoms with Gasteiger partial charge in [-0.2, -0.15) is 0 Å². The summed E-state index contributed by atoms with van der Waals surface area (Å²) in [6, 6.07) is 13.0. The number of pyridine rings is 1. The van der Waals surface area contributed by atoms with Crippen LogP contribution in [0, 0.1) is 5.82 Å². The Bertz CT molecular complexity index is 1590. The Labute approximate surface area is 258 Å². The normalized spacial score (nSPS) is 19.3. The summed E-state index contributed by atoms with van der Waals surface area (Å²) in [5.41, 5.74) is 7.58. The molecule has 1 saturated heterocycles. The lowest BCUT2D eigenvalue weighted by atomic mass is 9.86. The number of aryl methyl sites for hydroxylation is 1. The van der Waals surface area contributed by atoms with E-state index in [0.717, 1.165) is 52.9 Å². The summed E-state index contributed by atoms with van der Waals surface area (Å²) in [4.78, 5) is 29.9. The number of rotatable bonds is 7. The molecule has 3 aromatic rings. The van der Waals surface area contributed by atoms with E-state index in [1.807, 2.05) is 32.1 Å². The first kappa shape index (κ1) is 31.5. The van der Waals surface area contributed by atoms with Crippen LogP contribution in [0.15, 0.2) is 48.5 Å². The number of carbonyl (C=O) groups excluding carboxylic acids is 2. The summed E-state index contributed by atoms with van der Waals surface area (Å²) in [6.45, 7) is 7.86. The molecular weight excluding hydrogens is 561 g/mol. The van der Waals surface area contributed by atoms with Crippen molar-refractivity contribution in [1.29, 1.82) is 0 Å². The molecule has 0 radical (unpaired) electrons. The fourth-order valence-corrected chi connectivity index (χ4v) is 6.30. The topological polar surface area (TPSA) is 84.0 Å². The lowest BCUT2D eigenvalue weighted by molar-refractivity contribution is -0.290. The lowest BCUT2D eigenvalue weighted by Gasteiger charge is -2.39. The first-order valence-electron chi connectivity index (χ1n) is 15.1. The van der Waals surface area contributed by atoms with Crippen molar-refractivity contribution >= 4 is 18.0 Å². The molecule has 1 aliphatic carbocycles. The predicted molar refractivity (Wildman–Crippen MR) is 167 cm³/mol. The Morgan fingerprint density at radius 2 is 1.86 bits per heavy atom. The summed E-state index contributed by atoms with van der Waals surface area (Å²) in [5.74, 6) is -2.56. The lowest BCUT2D eigenvalue weighted by Crippen LogP contribution is -2.44. The van der Waals surface area contributed by atoms with Crippen molar-refractivity contribution < 1.29 is 32.9 Å². The summed E-state index contributed by atoms with van der Waals surface area (Å²) in [7, 11) is 2.61. The van der Waals surface area contributed by atoms with E-state index < -0.39 is 17.6 Å². The molecule has 0 unspecified atom stereocenters. The molecule has 1 aromatic heterocycles. The second-order valence-corrected chi connectivity index (χ2v) is 12.1. The number of aromatic nitrogens is 1. The highest BCUT2D eigenvalue weighted by Gasteiger charge is 2.36. The Balaban J connectivity index is 1.71. The van der Waals surface area contributed by atoms with Gasteiger partial charge in [-0.05, 0) is 73.4 Å². The van der Waals surface area contributed by atoms with Gasteiger partial charge in [0.15, 0.2) is 5.79 Å². The molecule has 2 heterocycles. The summed E-state index contributed by atoms with van der Waals surface area (Å²) >= 11 is 0. The molecule has 44 heavy (non-hydrogen) atoms. The fraction of sp³-hybridized carbons (Fsp3) is 0.417. The van der Waals surface area contributed by atoms with Crippen LogP contribution in [0.2, 0.25) is 0 Å². The number of methoxy groups -OCH3 is 2. The number of benzene rings is 2. The van der Waals surface area contributed by atoms with Crippen molar-refractivity contribution in [2.45, 2.75) is 83.7 Å². The number of hydrogen-bond donors (Lipinski definition) is 0. The van der Waals surface area contributed by atoms with Gasteiger partial charge in [0, 0.05) is 17.5 Å². The first-order valence-corrected chi connectivity index (χ1v) is 15.1. The number of ether oxygens (including phenoxy) is 4. The van der Waals surface area contributed by atoms with Gasteiger partial charge in [-0.3, -0.25) is 9.78 Å². The zero-order valence-corrected chi connectivity index (χ0v) is 26.2. The third-order valence-electron chi connectivity index (χ3n) is 8.20. The molecule has 2 aromatic carbocycles. The minimum atomic E-state index is -0.905. The second kappa shape index (κ2) is 13.0. The average Bonchev–Trinajstić information content (AvgIpc) is 3.17. The van der Waals surface area contributed by atoms with Gasteiger partial charge in [-0.1, -0.05) is 56.3 Å². The third kappa shape index (κ3) is 6.61. The van der Waals surface area contributed by atoms with Gasteiger partial charge >= 0.3 is 11.9 Å². The smallest absolute Gasteiger partial charge is 0.340 e. The van der Waals surface area contributed by atoms with Crippen LogP contribution in [0.3, 0.4) is 0 Å². The number of esters is 2. The third-order valence-corrected chi connectivity index (χ3v) is 8.20. The molecule has 0 N–H and O–H groups in total. The summed E-state index contributed by atoms with van der Waals surface area (Å²) in [6.07, 6.45) is 6.49. The number of halogens is 1. The number of carbonyl (C=O) groups is 2. The highest BCUT2D eigenvalue weighted by atomic mass is 19.1. The van der Waals surface area contributed by atoms with Crippen LogP contribution in [0.1, 0.15) is 85.6 Å². The highest BCUT2D eigenvalue weighted by Crippen LogP contribution is 2.42. The van der Waals surface area contributed by atoms with Crippen molar-refractivity contribution in [2.24, 2.45) is 0 Å². The average molecular weight is 602 g/mol. The Morgan fingerprint density at radius 1 is 1.09 bits per heavy atom. The van der Waals surface area contributed by atoms with E-state index in [4.69, 9.17) is 23.9 Å². The van der Waals surface area contributed by atoms with Gasteiger partial charge in [0.25, 0.3) is 0 Å². The molecule has 1 aliphatic heterocycles. The van der Waals surface area contributed by atoms with Crippen LogP contribution >= 0.6 is 0 Å². The molecule has 1 fully saturated rings. The number of nitrogens with zero attached hydrogens (tertiary/aromatic N) is 1. The van der Waals surface area contributed by atoms with Gasteiger partial charge < -0.3 is 18.9 Å². The van der Waals surface area contributed by atoms with Crippen molar-refractivity contribution in [3.63, 3.8) is 0 Å². The Kier molecular flexibility index (Phi) is 9.32. The van der Waals surface area contributed by atoms with E-state index in [1.54, 1.807) is 12.1 Å². The van der Waals surface area contributed by atoms with E-state index in [2.05, 4.69) is 32.0 Å². The van der Waals surface area contributed by atoms with E-state index in [0.29, 0.717) is 12.0 Å². The molecule has 0 amide bonds. The SMILES string of the molecule is COC(=O)C[C@H]1C[C@@H](/C=C/c2c(C(C)C)nc3c(c2-c2ccc(F)c(C(=O)OC)c2)CCCc2ccccc2-3)OC(C)(C)O1. The molecule has 0 bridgehead atoms. The molecule has 2 aliphatic rings. The van der Waals surface area contributed by atoms with Crippen molar-refractivity contribution in [3.8, 4) is 22.4 Å². The van der Waals surface area contributed by atoms with Crippen molar-refractivity contribution in [3.05, 3.63) is 82.3 Å². The molecule has 0 spiro atoms. The number of hydrogen-bond acceptors (Lipinski definition) is 7. The second-order valence-electron chi connectivity index (χ2n) is 12.1. The van der Waals surface area contributed by atoms with Gasteiger partial charge in [0.1, 0.15) is 5.82 Å². The minimum Gasteiger partial charge on any atom is -0.469 e. The summed E-state index contributed by atoms with van der Waals surface area (Å²) < 4.78 is 36.9. The zero-order valence-electron chi connectivity index (χ0n) is 26.2. The Hall–Kier alpha value is -3.88.